The van der Waals surface area contributed by atoms with Crippen LogP contribution in [0.3, 0.4) is 0 Å². The molecule has 2 aromatic carbocycles. The Kier molecular flexibility index (Phi) is 5.06. The van der Waals surface area contributed by atoms with E-state index in [-0.39, 0.29) is 0 Å². The predicted molar refractivity (Wildman–Crippen MR) is 109 cm³/mol. The summed E-state index contributed by atoms with van der Waals surface area (Å²) >= 11 is 0. The molecule has 0 spiro atoms. The first-order valence-corrected chi connectivity index (χ1v) is 11.1. The first kappa shape index (κ1) is 18.3. The Morgan fingerprint density at radius 2 is 1.63 bits per heavy atom. The third-order valence-electron chi connectivity index (χ3n) is 5.66. The second-order valence-electron chi connectivity index (χ2n) is 7.62. The molecule has 4 rings (SSSR count). The summed E-state index contributed by atoms with van der Waals surface area (Å²) in [4.78, 5) is 0.312. The molecule has 3 aromatic rings. The zero-order valence-corrected chi connectivity index (χ0v) is 16.5. The van der Waals surface area contributed by atoms with Gasteiger partial charge in [-0.3, -0.25) is 0 Å². The minimum absolute atomic E-state index is 0.312. The van der Waals surface area contributed by atoms with Gasteiger partial charge in [-0.1, -0.05) is 43.3 Å². The van der Waals surface area contributed by atoms with E-state index in [1.165, 1.54) is 29.7 Å². The van der Waals surface area contributed by atoms with Crippen molar-refractivity contribution in [3.8, 4) is 0 Å². The van der Waals surface area contributed by atoms with Crippen molar-refractivity contribution in [2.24, 2.45) is 5.92 Å². The highest BCUT2D eigenvalue weighted by Crippen LogP contribution is 2.27. The van der Waals surface area contributed by atoms with Crippen molar-refractivity contribution in [1.29, 1.82) is 0 Å². The Morgan fingerprint density at radius 1 is 0.963 bits per heavy atom. The Morgan fingerprint density at radius 3 is 2.37 bits per heavy atom. The normalized spacial score (nSPS) is 20.8. The molecule has 0 unspecified atom stereocenters. The van der Waals surface area contributed by atoms with Crippen molar-refractivity contribution >= 4 is 20.9 Å². The van der Waals surface area contributed by atoms with E-state index >= 15 is 0 Å². The predicted octanol–water partition coefficient (Wildman–Crippen LogP) is 4.55. The van der Waals surface area contributed by atoms with Crippen LogP contribution in [0.5, 0.6) is 0 Å². The first-order valence-electron chi connectivity index (χ1n) is 9.68. The van der Waals surface area contributed by atoms with Gasteiger partial charge in [-0.05, 0) is 55.4 Å². The lowest BCUT2D eigenvalue weighted by Crippen LogP contribution is -2.32. The summed E-state index contributed by atoms with van der Waals surface area (Å²) < 4.78 is 27.7. The molecule has 1 aliphatic rings. The average molecular weight is 383 g/mol. The summed E-state index contributed by atoms with van der Waals surface area (Å²) in [5.74, 6) is 0.820. The highest BCUT2D eigenvalue weighted by atomic mass is 32.2. The SMILES string of the molecule is CC1CCC(NCc2cn(S(=O)(=O)c3ccccc3)c3ccccc23)CC1. The molecule has 0 amide bonds. The lowest BCUT2D eigenvalue weighted by Gasteiger charge is -2.27. The van der Waals surface area contributed by atoms with Crippen LogP contribution in [0.15, 0.2) is 65.7 Å². The van der Waals surface area contributed by atoms with Crippen molar-refractivity contribution in [2.75, 3.05) is 0 Å². The summed E-state index contributed by atoms with van der Waals surface area (Å²) in [7, 11) is -3.61. The number of aromatic nitrogens is 1. The van der Waals surface area contributed by atoms with Crippen molar-refractivity contribution < 1.29 is 8.42 Å². The van der Waals surface area contributed by atoms with Gasteiger partial charge in [0.25, 0.3) is 10.0 Å². The summed E-state index contributed by atoms with van der Waals surface area (Å²) in [6.45, 7) is 3.01. The van der Waals surface area contributed by atoms with E-state index in [2.05, 4.69) is 12.2 Å². The highest BCUT2D eigenvalue weighted by molar-refractivity contribution is 7.90. The van der Waals surface area contributed by atoms with E-state index in [9.17, 15) is 8.42 Å². The number of hydrogen-bond acceptors (Lipinski definition) is 3. The second kappa shape index (κ2) is 7.49. The molecule has 0 saturated heterocycles. The maximum Gasteiger partial charge on any atom is 0.268 e. The van der Waals surface area contributed by atoms with Gasteiger partial charge in [0.1, 0.15) is 0 Å². The van der Waals surface area contributed by atoms with Crippen molar-refractivity contribution in [3.05, 3.63) is 66.4 Å². The Hall–Kier alpha value is -2.11. The average Bonchev–Trinajstić information content (AvgIpc) is 3.08. The molecule has 0 aliphatic heterocycles. The number of benzene rings is 2. The van der Waals surface area contributed by atoms with E-state index in [0.29, 0.717) is 17.5 Å². The van der Waals surface area contributed by atoms with Gasteiger partial charge >= 0.3 is 0 Å². The molecule has 1 N–H and O–H groups in total. The largest absolute Gasteiger partial charge is 0.310 e. The van der Waals surface area contributed by atoms with E-state index in [4.69, 9.17) is 0 Å². The molecule has 1 heterocycles. The zero-order valence-electron chi connectivity index (χ0n) is 15.6. The number of fused-ring (bicyclic) bond motifs is 1. The van der Waals surface area contributed by atoms with Gasteiger partial charge in [0, 0.05) is 24.2 Å². The summed E-state index contributed by atoms with van der Waals surface area (Å²) in [6, 6.07) is 16.9. The smallest absolute Gasteiger partial charge is 0.268 e. The highest BCUT2D eigenvalue weighted by Gasteiger charge is 2.22. The molecule has 4 nitrogen and oxygen atoms in total. The van der Waals surface area contributed by atoms with Crippen LogP contribution in [0.25, 0.3) is 10.9 Å². The van der Waals surface area contributed by atoms with Gasteiger partial charge in [0.2, 0.25) is 0 Å². The summed E-state index contributed by atoms with van der Waals surface area (Å²) in [6.07, 6.45) is 6.71. The molecular weight excluding hydrogens is 356 g/mol. The Balaban J connectivity index is 1.65. The fraction of sp³-hybridized carbons (Fsp3) is 0.364. The minimum atomic E-state index is -3.61. The molecule has 1 aliphatic carbocycles. The van der Waals surface area contributed by atoms with Crippen LogP contribution in [0, 0.1) is 5.92 Å². The van der Waals surface area contributed by atoms with Gasteiger partial charge in [-0.25, -0.2) is 12.4 Å². The van der Waals surface area contributed by atoms with Crippen LogP contribution >= 0.6 is 0 Å². The summed E-state index contributed by atoms with van der Waals surface area (Å²) in [5, 5.41) is 4.64. The molecule has 1 aromatic heterocycles. The van der Waals surface area contributed by atoms with Gasteiger partial charge in [0.15, 0.2) is 0 Å². The topological polar surface area (TPSA) is 51.1 Å². The maximum absolute atomic E-state index is 13.1. The van der Waals surface area contributed by atoms with Gasteiger partial charge in [0.05, 0.1) is 10.4 Å². The van der Waals surface area contributed by atoms with Crippen LogP contribution in [0.4, 0.5) is 0 Å². The molecule has 5 heteroatoms. The first-order chi connectivity index (χ1) is 13.1. The van der Waals surface area contributed by atoms with Gasteiger partial charge in [-0.2, -0.15) is 0 Å². The number of para-hydroxylation sites is 1. The van der Waals surface area contributed by atoms with Crippen LogP contribution in [-0.2, 0) is 16.6 Å². The third kappa shape index (κ3) is 3.66. The molecule has 27 heavy (non-hydrogen) atoms. The Bertz CT molecular complexity index is 1020. The number of rotatable bonds is 5. The number of nitrogens with one attached hydrogen (secondary N) is 1. The van der Waals surface area contributed by atoms with Crippen LogP contribution in [0.1, 0.15) is 38.2 Å². The van der Waals surface area contributed by atoms with Crippen LogP contribution in [-0.4, -0.2) is 18.4 Å². The van der Waals surface area contributed by atoms with Crippen molar-refractivity contribution in [2.45, 2.75) is 50.1 Å². The van der Waals surface area contributed by atoms with Gasteiger partial charge < -0.3 is 5.32 Å². The van der Waals surface area contributed by atoms with Crippen LogP contribution in [0.2, 0.25) is 0 Å². The quantitative estimate of drug-likeness (QED) is 0.704. The molecule has 1 saturated carbocycles. The van der Waals surface area contributed by atoms with Crippen LogP contribution < -0.4 is 5.32 Å². The zero-order chi connectivity index (χ0) is 18.9. The standard InChI is InChI=1S/C22H26N2O2S/c1-17-11-13-19(14-12-17)23-15-18-16-24(22-10-6-5-9-21(18)22)27(25,26)20-7-3-2-4-8-20/h2-10,16-17,19,23H,11-15H2,1H3. The molecule has 142 valence electrons. The summed E-state index contributed by atoms with van der Waals surface area (Å²) in [5.41, 5.74) is 1.76. The fourth-order valence-corrected chi connectivity index (χ4v) is 5.39. The van der Waals surface area contributed by atoms with E-state index < -0.39 is 10.0 Å². The van der Waals surface area contributed by atoms with Crippen molar-refractivity contribution in [3.63, 3.8) is 0 Å². The van der Waals surface area contributed by atoms with Crippen molar-refractivity contribution in [1.82, 2.24) is 9.29 Å². The molecule has 0 atom stereocenters. The lowest BCUT2D eigenvalue weighted by molar-refractivity contribution is 0.307. The number of hydrogen-bond donors (Lipinski definition) is 1. The maximum atomic E-state index is 13.1. The molecule has 0 radical (unpaired) electrons. The molecular formula is C22H26N2O2S. The van der Waals surface area contributed by atoms with E-state index in [1.807, 2.05) is 30.3 Å². The third-order valence-corrected chi connectivity index (χ3v) is 7.35. The Labute approximate surface area is 161 Å². The van der Waals surface area contributed by atoms with E-state index in [0.717, 1.165) is 22.4 Å². The second-order valence-corrected chi connectivity index (χ2v) is 9.44. The number of nitrogens with zero attached hydrogens (tertiary/aromatic N) is 1. The fourth-order valence-electron chi connectivity index (χ4n) is 3.98. The van der Waals surface area contributed by atoms with E-state index in [1.54, 1.807) is 30.5 Å². The minimum Gasteiger partial charge on any atom is -0.310 e. The molecule has 1 fully saturated rings. The molecule has 0 bridgehead atoms. The van der Waals surface area contributed by atoms with Gasteiger partial charge in [-0.15, -0.1) is 0 Å². The lowest BCUT2D eigenvalue weighted by atomic mass is 9.87. The monoisotopic (exact) mass is 382 g/mol.